The fourth-order valence-corrected chi connectivity index (χ4v) is 7.26. The number of fused-ring (bicyclic) bond motifs is 5. The minimum absolute atomic E-state index is 0.563. The molecule has 10 aromatic rings. The van der Waals surface area contributed by atoms with Gasteiger partial charge < -0.3 is 13.7 Å². The first-order valence-corrected chi connectivity index (χ1v) is 17.1. The normalized spacial score (nSPS) is 11.5. The molecule has 0 unspecified atom stereocenters. The quantitative estimate of drug-likeness (QED) is 0.179. The molecule has 240 valence electrons. The highest BCUT2D eigenvalue weighted by molar-refractivity contribution is 6.17. The van der Waals surface area contributed by atoms with Crippen LogP contribution in [0.2, 0.25) is 0 Å². The Hall–Kier alpha value is -6.91. The average molecular weight is 655 g/mol. The summed E-state index contributed by atoms with van der Waals surface area (Å²) >= 11 is 0. The Morgan fingerprint density at radius 3 is 1.90 bits per heavy atom. The van der Waals surface area contributed by atoms with Crippen molar-refractivity contribution in [3.63, 3.8) is 0 Å². The van der Waals surface area contributed by atoms with Gasteiger partial charge in [0.05, 0.1) is 0 Å². The van der Waals surface area contributed by atoms with Gasteiger partial charge >= 0.3 is 0 Å². The highest BCUT2D eigenvalue weighted by Crippen LogP contribution is 2.48. The van der Waals surface area contributed by atoms with Gasteiger partial charge in [0.25, 0.3) is 0 Å². The summed E-state index contributed by atoms with van der Waals surface area (Å²) in [7, 11) is 0. The number of para-hydroxylation sites is 1. The van der Waals surface area contributed by atoms with E-state index in [0.717, 1.165) is 66.8 Å². The predicted molar refractivity (Wildman–Crippen MR) is 210 cm³/mol. The van der Waals surface area contributed by atoms with Crippen molar-refractivity contribution in [3.8, 4) is 33.7 Å². The number of hydrogen-bond donors (Lipinski definition) is 0. The lowest BCUT2D eigenvalue weighted by atomic mass is 9.98. The molecule has 0 amide bonds. The van der Waals surface area contributed by atoms with Gasteiger partial charge in [0.1, 0.15) is 16.8 Å². The lowest BCUT2D eigenvalue weighted by molar-refractivity contribution is 0.618. The van der Waals surface area contributed by atoms with Crippen molar-refractivity contribution in [1.29, 1.82) is 0 Å². The summed E-state index contributed by atoms with van der Waals surface area (Å²) in [6.45, 7) is 0. The molecule has 0 bridgehead atoms. The van der Waals surface area contributed by atoms with E-state index >= 15 is 0 Å². The Kier molecular flexibility index (Phi) is 6.78. The van der Waals surface area contributed by atoms with Crippen LogP contribution >= 0.6 is 0 Å². The molecule has 0 atom stereocenters. The van der Waals surface area contributed by atoms with Gasteiger partial charge in [-0.15, -0.1) is 0 Å². The van der Waals surface area contributed by atoms with E-state index in [4.69, 9.17) is 13.8 Å². The van der Waals surface area contributed by atoms with E-state index in [9.17, 15) is 0 Å². The van der Waals surface area contributed by atoms with Crippen molar-refractivity contribution in [3.05, 3.63) is 182 Å². The first-order chi connectivity index (χ1) is 25.3. The molecular weight excluding hydrogens is 625 g/mol. The molecule has 4 nitrogen and oxygen atoms in total. The number of oxazole rings is 1. The fraction of sp³-hybridized carbons (Fsp3) is 0. The summed E-state index contributed by atoms with van der Waals surface area (Å²) in [6, 6.07) is 63.2. The predicted octanol–water partition coefficient (Wildman–Crippen LogP) is 13.4. The minimum atomic E-state index is 0.563. The molecule has 2 aromatic heterocycles. The minimum Gasteiger partial charge on any atom is -0.454 e. The van der Waals surface area contributed by atoms with Crippen LogP contribution in [0.25, 0.3) is 77.5 Å². The zero-order valence-corrected chi connectivity index (χ0v) is 27.5. The fourth-order valence-electron chi connectivity index (χ4n) is 7.26. The molecule has 0 saturated heterocycles. The molecule has 0 aliphatic heterocycles. The van der Waals surface area contributed by atoms with Crippen molar-refractivity contribution in [2.45, 2.75) is 0 Å². The molecule has 4 heteroatoms. The molecule has 0 saturated carbocycles. The summed E-state index contributed by atoms with van der Waals surface area (Å²) in [5.41, 5.74) is 11.2. The molecule has 0 N–H and O–H groups in total. The zero-order chi connectivity index (χ0) is 33.7. The molecule has 51 heavy (non-hydrogen) atoms. The maximum atomic E-state index is 6.76. The smallest absolute Gasteiger partial charge is 0.227 e. The highest BCUT2D eigenvalue weighted by Gasteiger charge is 2.27. The second-order valence-electron chi connectivity index (χ2n) is 12.8. The van der Waals surface area contributed by atoms with Crippen molar-refractivity contribution in [2.75, 3.05) is 4.90 Å². The lowest BCUT2D eigenvalue weighted by Crippen LogP contribution is -2.11. The van der Waals surface area contributed by atoms with Crippen LogP contribution in [0.3, 0.4) is 0 Å². The van der Waals surface area contributed by atoms with Crippen LogP contribution in [-0.4, -0.2) is 4.98 Å². The van der Waals surface area contributed by atoms with E-state index < -0.39 is 0 Å². The standard InChI is InChI=1S/C47H30N2O2/c1-3-13-31(14-4-1)35-19-11-20-37(29-35)49(36-27-25-33(26-28-36)39-23-12-18-32-15-7-8-21-38(32)39)44-45-41(40-22-9-10-24-43(40)50-45)30-42-46(44)51-47(48-42)34-16-5-2-6-17-34/h1-30H. The van der Waals surface area contributed by atoms with E-state index in [0.29, 0.717) is 11.5 Å². The number of anilines is 3. The molecule has 8 aromatic carbocycles. The first kappa shape index (κ1) is 29.0. The van der Waals surface area contributed by atoms with Gasteiger partial charge in [-0.3, -0.25) is 0 Å². The largest absolute Gasteiger partial charge is 0.454 e. The average Bonchev–Trinajstić information content (AvgIpc) is 3.80. The third-order valence-corrected chi connectivity index (χ3v) is 9.68. The second kappa shape index (κ2) is 11.9. The van der Waals surface area contributed by atoms with Crippen LogP contribution in [0.1, 0.15) is 0 Å². The van der Waals surface area contributed by atoms with Crippen LogP contribution < -0.4 is 4.90 Å². The van der Waals surface area contributed by atoms with Crippen LogP contribution in [0.4, 0.5) is 17.1 Å². The topological polar surface area (TPSA) is 42.4 Å². The molecular formula is C47H30N2O2. The molecule has 0 spiro atoms. The molecule has 2 heterocycles. The number of rotatable bonds is 6. The molecule has 0 radical (unpaired) electrons. The van der Waals surface area contributed by atoms with Gasteiger partial charge in [0, 0.05) is 27.7 Å². The maximum Gasteiger partial charge on any atom is 0.227 e. The lowest BCUT2D eigenvalue weighted by Gasteiger charge is -2.26. The van der Waals surface area contributed by atoms with E-state index in [2.05, 4.69) is 132 Å². The van der Waals surface area contributed by atoms with Gasteiger partial charge in [-0.05, 0) is 81.6 Å². The van der Waals surface area contributed by atoms with Crippen molar-refractivity contribution in [2.24, 2.45) is 0 Å². The number of furan rings is 1. The van der Waals surface area contributed by atoms with E-state index in [1.165, 1.54) is 16.3 Å². The number of benzene rings is 8. The summed E-state index contributed by atoms with van der Waals surface area (Å²) in [5.74, 6) is 0.563. The second-order valence-corrected chi connectivity index (χ2v) is 12.8. The first-order valence-electron chi connectivity index (χ1n) is 17.1. The zero-order valence-electron chi connectivity index (χ0n) is 27.5. The van der Waals surface area contributed by atoms with Crippen molar-refractivity contribution >= 4 is 60.9 Å². The maximum absolute atomic E-state index is 6.76. The molecule has 0 fully saturated rings. The third kappa shape index (κ3) is 4.96. The van der Waals surface area contributed by atoms with Crippen molar-refractivity contribution in [1.82, 2.24) is 4.98 Å². The van der Waals surface area contributed by atoms with Crippen LogP contribution in [0.5, 0.6) is 0 Å². The number of hydrogen-bond acceptors (Lipinski definition) is 4. The Morgan fingerprint density at radius 2 is 1.08 bits per heavy atom. The van der Waals surface area contributed by atoms with E-state index in [1.807, 2.05) is 54.6 Å². The van der Waals surface area contributed by atoms with E-state index in [-0.39, 0.29) is 0 Å². The van der Waals surface area contributed by atoms with Gasteiger partial charge in [-0.25, -0.2) is 4.98 Å². The van der Waals surface area contributed by atoms with Crippen molar-refractivity contribution < 1.29 is 8.83 Å². The summed E-state index contributed by atoms with van der Waals surface area (Å²) in [4.78, 5) is 7.32. The molecule has 0 aliphatic rings. The monoisotopic (exact) mass is 654 g/mol. The number of nitrogens with zero attached hydrogens (tertiary/aromatic N) is 2. The molecule has 0 aliphatic carbocycles. The Bertz CT molecular complexity index is 2850. The van der Waals surface area contributed by atoms with Gasteiger partial charge in [-0.1, -0.05) is 133 Å². The summed E-state index contributed by atoms with van der Waals surface area (Å²) in [6.07, 6.45) is 0. The summed E-state index contributed by atoms with van der Waals surface area (Å²) in [5, 5.41) is 4.46. The Morgan fingerprint density at radius 1 is 0.412 bits per heavy atom. The molecule has 10 rings (SSSR count). The van der Waals surface area contributed by atoms with E-state index in [1.54, 1.807) is 0 Å². The Labute approximate surface area is 294 Å². The SMILES string of the molecule is c1ccc(-c2cccc(N(c3ccc(-c4cccc5ccccc45)cc3)c3c4oc(-c5ccccc5)nc4cc4c3oc3ccccc34)c2)cc1. The van der Waals surface area contributed by atoms with Gasteiger partial charge in [0.15, 0.2) is 11.2 Å². The van der Waals surface area contributed by atoms with Crippen LogP contribution in [-0.2, 0) is 0 Å². The van der Waals surface area contributed by atoms with Gasteiger partial charge in [0.2, 0.25) is 5.89 Å². The Balaban J connectivity index is 1.25. The van der Waals surface area contributed by atoms with Crippen LogP contribution in [0.15, 0.2) is 191 Å². The van der Waals surface area contributed by atoms with Crippen LogP contribution in [0, 0.1) is 0 Å². The van der Waals surface area contributed by atoms with Gasteiger partial charge in [-0.2, -0.15) is 0 Å². The highest BCUT2D eigenvalue weighted by atomic mass is 16.4. The number of aromatic nitrogens is 1. The summed E-state index contributed by atoms with van der Waals surface area (Å²) < 4.78 is 13.5. The third-order valence-electron chi connectivity index (χ3n) is 9.68.